The zero-order valence-electron chi connectivity index (χ0n) is 24.1. The lowest BCUT2D eigenvalue weighted by atomic mass is 9.87. The van der Waals surface area contributed by atoms with Gasteiger partial charge in [0, 0.05) is 19.0 Å². The van der Waals surface area contributed by atoms with Crippen molar-refractivity contribution in [2.45, 2.75) is 71.5 Å². The number of nitrogens with one attached hydrogen (secondary N) is 1. The summed E-state index contributed by atoms with van der Waals surface area (Å²) in [6, 6.07) is 24.4. The van der Waals surface area contributed by atoms with E-state index < -0.39 is 6.04 Å². The highest BCUT2D eigenvalue weighted by Crippen LogP contribution is 2.25. The summed E-state index contributed by atoms with van der Waals surface area (Å²) in [5, 5.41) is 3.09. The number of rotatable bonds is 12. The maximum Gasteiger partial charge on any atom is 0.261 e. The van der Waals surface area contributed by atoms with Crippen molar-refractivity contribution < 1.29 is 19.1 Å². The molecule has 2 amide bonds. The van der Waals surface area contributed by atoms with Crippen LogP contribution in [0.4, 0.5) is 0 Å². The first kappa shape index (κ1) is 29.8. The van der Waals surface area contributed by atoms with Crippen molar-refractivity contribution in [3.8, 4) is 11.5 Å². The quantitative estimate of drug-likeness (QED) is 0.315. The van der Waals surface area contributed by atoms with Gasteiger partial charge in [-0.25, -0.2) is 0 Å². The van der Waals surface area contributed by atoms with Gasteiger partial charge in [-0.2, -0.15) is 0 Å². The van der Waals surface area contributed by atoms with Crippen LogP contribution < -0.4 is 14.8 Å². The molecule has 3 aromatic carbocycles. The minimum absolute atomic E-state index is 0.0119. The molecular weight excluding hydrogens is 488 g/mol. The number of hydrogen-bond donors (Lipinski definition) is 1. The van der Waals surface area contributed by atoms with Crippen LogP contribution in [0.1, 0.15) is 57.7 Å². The molecule has 0 saturated carbocycles. The van der Waals surface area contributed by atoms with Crippen molar-refractivity contribution >= 4 is 11.8 Å². The Morgan fingerprint density at radius 2 is 1.56 bits per heavy atom. The summed E-state index contributed by atoms with van der Waals surface area (Å²) in [4.78, 5) is 29.0. The topological polar surface area (TPSA) is 67.9 Å². The number of ether oxygens (including phenoxy) is 2. The third-order valence-electron chi connectivity index (χ3n) is 6.84. The van der Waals surface area contributed by atoms with E-state index in [0.29, 0.717) is 17.9 Å². The number of benzene rings is 3. The number of amides is 2. The Balaban J connectivity index is 1.90. The molecule has 0 fully saturated rings. The largest absolute Gasteiger partial charge is 0.497 e. The maximum absolute atomic E-state index is 13.8. The number of hydrogen-bond acceptors (Lipinski definition) is 4. The molecule has 0 aromatic heterocycles. The van der Waals surface area contributed by atoms with Gasteiger partial charge in [0.1, 0.15) is 17.5 Å². The van der Waals surface area contributed by atoms with Crippen molar-refractivity contribution in [2.75, 3.05) is 13.7 Å². The Hall–Kier alpha value is -3.80. The van der Waals surface area contributed by atoms with E-state index in [9.17, 15) is 9.59 Å². The first-order chi connectivity index (χ1) is 18.6. The predicted octanol–water partition coefficient (Wildman–Crippen LogP) is 5.93. The van der Waals surface area contributed by atoms with Crippen LogP contribution in [-0.4, -0.2) is 42.5 Å². The second-order valence-electron chi connectivity index (χ2n) is 11.0. The minimum atomic E-state index is -0.716. The summed E-state index contributed by atoms with van der Waals surface area (Å²) in [7, 11) is 1.61. The summed E-state index contributed by atoms with van der Waals surface area (Å²) in [6.45, 7) is 10.5. The van der Waals surface area contributed by atoms with Crippen molar-refractivity contribution in [2.24, 2.45) is 0 Å². The van der Waals surface area contributed by atoms with E-state index in [-0.39, 0.29) is 36.4 Å². The van der Waals surface area contributed by atoms with Crippen LogP contribution in [0, 0.1) is 0 Å². The highest BCUT2D eigenvalue weighted by Gasteiger charge is 2.31. The predicted molar refractivity (Wildman–Crippen MR) is 156 cm³/mol. The minimum Gasteiger partial charge on any atom is -0.497 e. The van der Waals surface area contributed by atoms with Gasteiger partial charge in [0.25, 0.3) is 5.91 Å². The molecular formula is C33H42N2O4. The zero-order valence-corrected chi connectivity index (χ0v) is 24.1. The summed E-state index contributed by atoms with van der Waals surface area (Å²) >= 11 is 0. The zero-order chi connectivity index (χ0) is 28.4. The Morgan fingerprint density at radius 3 is 2.18 bits per heavy atom. The van der Waals surface area contributed by atoms with Crippen molar-refractivity contribution in [1.29, 1.82) is 0 Å². The fraction of sp³-hybridized carbons (Fsp3) is 0.394. The first-order valence-electron chi connectivity index (χ1n) is 13.6. The third-order valence-corrected chi connectivity index (χ3v) is 6.84. The average molecular weight is 531 g/mol. The van der Waals surface area contributed by atoms with Gasteiger partial charge in [-0.05, 0) is 59.7 Å². The van der Waals surface area contributed by atoms with E-state index >= 15 is 0 Å². The molecule has 39 heavy (non-hydrogen) atoms. The SMILES string of the molecule is CCC(C)NC(=O)C(Cc1ccccc1)N(Cc1cccc(OC)c1)C(=O)COc1ccc(C(C)(C)C)cc1. The molecule has 6 nitrogen and oxygen atoms in total. The van der Waals surface area contributed by atoms with Gasteiger partial charge in [0.2, 0.25) is 5.91 Å². The van der Waals surface area contributed by atoms with Crippen LogP contribution in [0.2, 0.25) is 0 Å². The van der Waals surface area contributed by atoms with Gasteiger partial charge in [0.05, 0.1) is 7.11 Å². The van der Waals surface area contributed by atoms with Crippen molar-refractivity contribution in [3.63, 3.8) is 0 Å². The van der Waals surface area contributed by atoms with E-state index in [1.54, 1.807) is 12.0 Å². The molecule has 6 heteroatoms. The van der Waals surface area contributed by atoms with E-state index in [1.165, 1.54) is 5.56 Å². The Kier molecular flexibility index (Phi) is 10.6. The molecule has 0 saturated heterocycles. The first-order valence-corrected chi connectivity index (χ1v) is 13.6. The monoisotopic (exact) mass is 530 g/mol. The smallest absolute Gasteiger partial charge is 0.261 e. The van der Waals surface area contributed by atoms with E-state index in [4.69, 9.17) is 9.47 Å². The van der Waals surface area contributed by atoms with Crippen LogP contribution in [0.5, 0.6) is 11.5 Å². The molecule has 0 aliphatic carbocycles. The Morgan fingerprint density at radius 1 is 0.897 bits per heavy atom. The molecule has 3 aromatic rings. The van der Waals surface area contributed by atoms with Crippen molar-refractivity contribution in [3.05, 3.63) is 95.6 Å². The molecule has 2 atom stereocenters. The summed E-state index contributed by atoms with van der Waals surface area (Å²) < 4.78 is 11.3. The highest BCUT2D eigenvalue weighted by molar-refractivity contribution is 5.88. The van der Waals surface area contributed by atoms with Crippen LogP contribution in [0.15, 0.2) is 78.9 Å². The van der Waals surface area contributed by atoms with Crippen molar-refractivity contribution in [1.82, 2.24) is 10.2 Å². The molecule has 0 radical (unpaired) electrons. The molecule has 1 N–H and O–H groups in total. The second kappa shape index (κ2) is 13.8. The van der Waals surface area contributed by atoms with Crippen LogP contribution in [0.3, 0.4) is 0 Å². The van der Waals surface area contributed by atoms with Gasteiger partial charge < -0.3 is 19.7 Å². The molecule has 2 unspecified atom stereocenters. The standard InChI is InChI=1S/C33H42N2O4/c1-7-24(2)34-32(37)30(21-25-12-9-8-10-13-25)35(22-26-14-11-15-29(20-26)38-6)31(36)23-39-28-18-16-27(17-19-28)33(3,4)5/h8-20,24,30H,7,21-23H2,1-6H3,(H,34,37). The van der Waals surface area contributed by atoms with Gasteiger partial charge in [-0.15, -0.1) is 0 Å². The van der Waals surface area contributed by atoms with Crippen LogP contribution in [-0.2, 0) is 28.0 Å². The fourth-order valence-electron chi connectivity index (χ4n) is 4.24. The normalized spacial score (nSPS) is 12.8. The van der Waals surface area contributed by atoms with E-state index in [1.807, 2.05) is 92.7 Å². The number of nitrogens with zero attached hydrogens (tertiary/aromatic N) is 1. The van der Waals surface area contributed by atoms with Crippen LogP contribution >= 0.6 is 0 Å². The van der Waals surface area contributed by atoms with Gasteiger partial charge in [0.15, 0.2) is 6.61 Å². The lowest BCUT2D eigenvalue weighted by molar-refractivity contribution is -0.143. The van der Waals surface area contributed by atoms with E-state index in [0.717, 1.165) is 17.5 Å². The molecule has 3 rings (SSSR count). The second-order valence-corrected chi connectivity index (χ2v) is 11.0. The van der Waals surface area contributed by atoms with Gasteiger partial charge >= 0.3 is 0 Å². The summed E-state index contributed by atoms with van der Waals surface area (Å²) in [5.74, 6) is 0.858. The molecule has 0 spiro atoms. The molecule has 0 aliphatic rings. The number of carbonyl (C=O) groups is 2. The average Bonchev–Trinajstić information content (AvgIpc) is 2.93. The lowest BCUT2D eigenvalue weighted by Gasteiger charge is -2.32. The molecule has 0 heterocycles. The van der Waals surface area contributed by atoms with Gasteiger partial charge in [-0.1, -0.05) is 82.3 Å². The highest BCUT2D eigenvalue weighted by atomic mass is 16.5. The maximum atomic E-state index is 13.8. The Labute approximate surface area is 233 Å². The van der Waals surface area contributed by atoms with Gasteiger partial charge in [-0.3, -0.25) is 9.59 Å². The summed E-state index contributed by atoms with van der Waals surface area (Å²) in [6.07, 6.45) is 1.18. The molecule has 208 valence electrons. The van der Waals surface area contributed by atoms with Crippen LogP contribution in [0.25, 0.3) is 0 Å². The third kappa shape index (κ3) is 8.88. The Bertz CT molecular complexity index is 1200. The van der Waals surface area contributed by atoms with E-state index in [2.05, 4.69) is 26.1 Å². The fourth-order valence-corrected chi connectivity index (χ4v) is 4.24. The summed E-state index contributed by atoms with van der Waals surface area (Å²) in [5.41, 5.74) is 3.05. The molecule has 0 bridgehead atoms. The number of carbonyl (C=O) groups excluding carboxylic acids is 2. The molecule has 0 aliphatic heterocycles. The lowest BCUT2D eigenvalue weighted by Crippen LogP contribution is -2.53. The number of methoxy groups -OCH3 is 1.